The average Bonchev–Trinajstić information content (AvgIpc) is 2.79. The number of hydrogen-bond donors (Lipinski definition) is 1. The van der Waals surface area contributed by atoms with Gasteiger partial charge in [0.25, 0.3) is 0 Å². The molecule has 8 nitrogen and oxygen atoms in total. The van der Waals surface area contributed by atoms with E-state index in [0.29, 0.717) is 24.1 Å². The molecule has 0 bridgehead atoms. The van der Waals surface area contributed by atoms with Crippen molar-refractivity contribution >= 4 is 27.6 Å². The maximum atomic E-state index is 13.0. The summed E-state index contributed by atoms with van der Waals surface area (Å²) >= 11 is 0. The van der Waals surface area contributed by atoms with Crippen molar-refractivity contribution in [1.82, 2.24) is 4.31 Å². The van der Waals surface area contributed by atoms with Gasteiger partial charge in [0, 0.05) is 24.7 Å². The number of ether oxygens (including phenoxy) is 1. The molecule has 156 valence electrons. The number of carbonyl (C=O) groups is 2. The quantitative estimate of drug-likeness (QED) is 0.733. The lowest BCUT2D eigenvalue weighted by Gasteiger charge is -2.31. The Bertz CT molecular complexity index is 1080. The molecule has 1 saturated heterocycles. The molecule has 0 atom stereocenters. The second-order valence-corrected chi connectivity index (χ2v) is 8.75. The standard InChI is InChI=1S/C21H21N3O5S/c1-29-21(26)18-4-2-3-5-19(18)30(27,28)24-12-10-16(11-13-24)20(25)23-17-8-6-15(14-22)7-9-17/h2-9,16H,10-13H2,1H3,(H,23,25). The van der Waals surface area contributed by atoms with E-state index in [0.717, 1.165) is 0 Å². The van der Waals surface area contributed by atoms with E-state index in [1.54, 1.807) is 36.4 Å². The van der Waals surface area contributed by atoms with Crippen LogP contribution in [-0.2, 0) is 19.6 Å². The number of anilines is 1. The number of nitriles is 1. The molecule has 3 rings (SSSR count). The normalized spacial score (nSPS) is 15.2. The number of nitrogens with zero attached hydrogens (tertiary/aromatic N) is 2. The summed E-state index contributed by atoms with van der Waals surface area (Å²) in [6.07, 6.45) is 0.726. The first-order valence-electron chi connectivity index (χ1n) is 9.35. The van der Waals surface area contributed by atoms with E-state index in [4.69, 9.17) is 5.26 Å². The van der Waals surface area contributed by atoms with Gasteiger partial charge in [0.15, 0.2) is 0 Å². The fourth-order valence-electron chi connectivity index (χ4n) is 3.34. The number of piperidine rings is 1. The summed E-state index contributed by atoms with van der Waals surface area (Å²) in [5.74, 6) is -1.24. The third-order valence-corrected chi connectivity index (χ3v) is 6.97. The zero-order valence-corrected chi connectivity index (χ0v) is 17.2. The third kappa shape index (κ3) is 4.50. The maximum absolute atomic E-state index is 13.0. The van der Waals surface area contributed by atoms with Crippen LogP contribution in [0.1, 0.15) is 28.8 Å². The predicted molar refractivity (Wildman–Crippen MR) is 109 cm³/mol. The second-order valence-electron chi connectivity index (χ2n) is 6.84. The van der Waals surface area contributed by atoms with Gasteiger partial charge in [0.1, 0.15) is 0 Å². The molecule has 0 saturated carbocycles. The van der Waals surface area contributed by atoms with Crippen LogP contribution in [-0.4, -0.2) is 44.8 Å². The van der Waals surface area contributed by atoms with Gasteiger partial charge in [-0.2, -0.15) is 9.57 Å². The predicted octanol–water partition coefficient (Wildman–Crippen LogP) is 2.38. The Morgan fingerprint density at radius 2 is 1.73 bits per heavy atom. The number of methoxy groups -OCH3 is 1. The van der Waals surface area contributed by atoms with Gasteiger partial charge in [-0.1, -0.05) is 12.1 Å². The molecule has 1 N–H and O–H groups in total. The minimum atomic E-state index is -3.89. The number of amides is 1. The van der Waals surface area contributed by atoms with E-state index >= 15 is 0 Å². The fourth-order valence-corrected chi connectivity index (χ4v) is 4.99. The topological polar surface area (TPSA) is 117 Å². The van der Waals surface area contributed by atoms with Crippen molar-refractivity contribution in [2.45, 2.75) is 17.7 Å². The van der Waals surface area contributed by atoms with Crippen LogP contribution in [0.3, 0.4) is 0 Å². The summed E-state index contributed by atoms with van der Waals surface area (Å²) in [5, 5.41) is 11.6. The Labute approximate surface area is 175 Å². The molecule has 1 aliphatic rings. The van der Waals surface area contributed by atoms with Crippen molar-refractivity contribution in [3.63, 3.8) is 0 Å². The summed E-state index contributed by atoms with van der Waals surface area (Å²) in [6.45, 7) is 0.340. The molecule has 0 spiro atoms. The fraction of sp³-hybridized carbons (Fsp3) is 0.286. The number of rotatable bonds is 5. The van der Waals surface area contributed by atoms with Crippen LogP contribution < -0.4 is 5.32 Å². The minimum Gasteiger partial charge on any atom is -0.465 e. The van der Waals surface area contributed by atoms with Crippen molar-refractivity contribution in [2.24, 2.45) is 5.92 Å². The SMILES string of the molecule is COC(=O)c1ccccc1S(=O)(=O)N1CCC(C(=O)Nc2ccc(C#N)cc2)CC1. The first-order chi connectivity index (χ1) is 14.4. The summed E-state index contributed by atoms with van der Waals surface area (Å²) < 4.78 is 32.1. The van der Waals surface area contributed by atoms with E-state index in [2.05, 4.69) is 10.1 Å². The van der Waals surface area contributed by atoms with Crippen LogP contribution in [0.25, 0.3) is 0 Å². The first-order valence-corrected chi connectivity index (χ1v) is 10.8. The second kappa shape index (κ2) is 9.07. The van der Waals surface area contributed by atoms with Crippen LogP contribution in [0.2, 0.25) is 0 Å². The van der Waals surface area contributed by atoms with Crippen molar-refractivity contribution in [1.29, 1.82) is 5.26 Å². The third-order valence-electron chi connectivity index (χ3n) is 5.02. The first kappa shape index (κ1) is 21.5. The van der Waals surface area contributed by atoms with Crippen LogP contribution in [0.15, 0.2) is 53.4 Å². The highest BCUT2D eigenvalue weighted by molar-refractivity contribution is 7.89. The van der Waals surface area contributed by atoms with Gasteiger partial charge in [0.2, 0.25) is 15.9 Å². The zero-order valence-electron chi connectivity index (χ0n) is 16.4. The maximum Gasteiger partial charge on any atom is 0.339 e. The monoisotopic (exact) mass is 427 g/mol. The molecular formula is C21H21N3O5S. The van der Waals surface area contributed by atoms with Crippen molar-refractivity contribution < 1.29 is 22.7 Å². The number of esters is 1. The van der Waals surface area contributed by atoms with Crippen LogP contribution in [0.5, 0.6) is 0 Å². The molecule has 30 heavy (non-hydrogen) atoms. The van der Waals surface area contributed by atoms with Crippen molar-refractivity contribution in [3.05, 3.63) is 59.7 Å². The summed E-state index contributed by atoms with van der Waals surface area (Å²) in [5.41, 5.74) is 1.07. The molecule has 1 heterocycles. The zero-order chi connectivity index (χ0) is 21.7. The van der Waals surface area contributed by atoms with Gasteiger partial charge in [-0.3, -0.25) is 4.79 Å². The molecule has 1 fully saturated rings. The molecule has 9 heteroatoms. The molecule has 0 aromatic heterocycles. The Balaban J connectivity index is 1.67. The van der Waals surface area contributed by atoms with E-state index < -0.39 is 16.0 Å². The summed E-state index contributed by atoms with van der Waals surface area (Å²) in [4.78, 5) is 24.4. The van der Waals surface area contributed by atoms with E-state index in [-0.39, 0.29) is 35.4 Å². The van der Waals surface area contributed by atoms with E-state index in [9.17, 15) is 18.0 Å². The largest absolute Gasteiger partial charge is 0.465 e. The minimum absolute atomic E-state index is 0.0133. The Hall–Kier alpha value is -3.22. The number of hydrogen-bond acceptors (Lipinski definition) is 6. The summed E-state index contributed by atoms with van der Waals surface area (Å²) in [6, 6.07) is 14.5. The van der Waals surface area contributed by atoms with Crippen LogP contribution in [0, 0.1) is 17.2 Å². The van der Waals surface area contributed by atoms with E-state index in [1.807, 2.05) is 6.07 Å². The lowest BCUT2D eigenvalue weighted by atomic mass is 9.97. The van der Waals surface area contributed by atoms with Gasteiger partial charge in [-0.05, 0) is 49.2 Å². The van der Waals surface area contributed by atoms with Crippen LogP contribution in [0.4, 0.5) is 5.69 Å². The number of benzene rings is 2. The van der Waals surface area contributed by atoms with E-state index in [1.165, 1.54) is 23.5 Å². The molecule has 0 unspecified atom stereocenters. The van der Waals surface area contributed by atoms with Crippen LogP contribution >= 0.6 is 0 Å². The number of nitrogens with one attached hydrogen (secondary N) is 1. The van der Waals surface area contributed by atoms with Crippen molar-refractivity contribution in [2.75, 3.05) is 25.5 Å². The highest BCUT2D eigenvalue weighted by Gasteiger charge is 2.34. The average molecular weight is 427 g/mol. The van der Waals surface area contributed by atoms with Crippen molar-refractivity contribution in [3.8, 4) is 6.07 Å². The molecular weight excluding hydrogens is 406 g/mol. The van der Waals surface area contributed by atoms with Gasteiger partial charge in [0.05, 0.1) is 29.2 Å². The number of sulfonamides is 1. The molecule has 1 aliphatic heterocycles. The molecule has 0 aliphatic carbocycles. The Morgan fingerprint density at radius 1 is 1.10 bits per heavy atom. The van der Waals surface area contributed by atoms with Gasteiger partial charge < -0.3 is 10.1 Å². The lowest BCUT2D eigenvalue weighted by molar-refractivity contribution is -0.120. The number of carbonyl (C=O) groups excluding carboxylic acids is 2. The highest BCUT2D eigenvalue weighted by atomic mass is 32.2. The highest BCUT2D eigenvalue weighted by Crippen LogP contribution is 2.27. The summed E-state index contributed by atoms with van der Waals surface area (Å²) in [7, 11) is -2.70. The molecule has 2 aromatic rings. The molecule has 0 radical (unpaired) electrons. The Morgan fingerprint density at radius 3 is 2.33 bits per heavy atom. The molecule has 2 aromatic carbocycles. The molecule has 1 amide bonds. The van der Waals surface area contributed by atoms with Gasteiger partial charge in [-0.15, -0.1) is 0 Å². The lowest BCUT2D eigenvalue weighted by Crippen LogP contribution is -2.41. The Kier molecular flexibility index (Phi) is 6.50. The smallest absolute Gasteiger partial charge is 0.339 e. The van der Waals surface area contributed by atoms with Gasteiger partial charge in [-0.25, -0.2) is 13.2 Å². The van der Waals surface area contributed by atoms with Gasteiger partial charge >= 0.3 is 5.97 Å².